The van der Waals surface area contributed by atoms with Gasteiger partial charge >= 0.3 is 0 Å². The van der Waals surface area contributed by atoms with Crippen molar-refractivity contribution >= 4 is 11.8 Å². The number of carbonyl (C=O) groups is 2. The second-order valence-electron chi connectivity index (χ2n) is 5.28. The summed E-state index contributed by atoms with van der Waals surface area (Å²) in [7, 11) is 1.54. The Labute approximate surface area is 142 Å². The lowest BCUT2D eigenvalue weighted by atomic mass is 10.1. The van der Waals surface area contributed by atoms with Gasteiger partial charge in [-0.2, -0.15) is 0 Å². The number of hydrogen-bond donors (Lipinski definition) is 2. The molecule has 0 spiro atoms. The summed E-state index contributed by atoms with van der Waals surface area (Å²) in [5, 5.41) is 5.37. The van der Waals surface area contributed by atoms with E-state index in [9.17, 15) is 9.59 Å². The van der Waals surface area contributed by atoms with Crippen molar-refractivity contribution in [3.05, 3.63) is 65.7 Å². The topological polar surface area (TPSA) is 67.4 Å². The van der Waals surface area contributed by atoms with E-state index in [1.807, 2.05) is 31.2 Å². The van der Waals surface area contributed by atoms with Crippen LogP contribution in [0.3, 0.4) is 0 Å². The van der Waals surface area contributed by atoms with Crippen LogP contribution < -0.4 is 15.4 Å². The highest BCUT2D eigenvalue weighted by Crippen LogP contribution is 2.20. The third-order valence-electron chi connectivity index (χ3n) is 3.51. The van der Waals surface area contributed by atoms with E-state index in [2.05, 4.69) is 10.6 Å². The van der Waals surface area contributed by atoms with Gasteiger partial charge < -0.3 is 15.4 Å². The molecule has 1 atom stereocenters. The van der Waals surface area contributed by atoms with Crippen molar-refractivity contribution in [3.8, 4) is 5.75 Å². The molecule has 126 valence electrons. The predicted octanol–water partition coefficient (Wildman–Crippen LogP) is 2.69. The van der Waals surface area contributed by atoms with E-state index in [0.29, 0.717) is 17.9 Å². The summed E-state index contributed by atoms with van der Waals surface area (Å²) in [6.07, 6.45) is 0.848. The molecule has 2 aromatic carbocycles. The lowest BCUT2D eigenvalue weighted by molar-refractivity contribution is -0.122. The van der Waals surface area contributed by atoms with Crippen LogP contribution in [-0.2, 0) is 4.79 Å². The van der Waals surface area contributed by atoms with Gasteiger partial charge in [0.05, 0.1) is 12.2 Å². The summed E-state index contributed by atoms with van der Waals surface area (Å²) in [5.74, 6) is -0.110. The Morgan fingerprint density at radius 1 is 1.04 bits per heavy atom. The standard InChI is InChI=1S/C19H22N2O3/c1-3-13-24-16-12-8-7-11-15(16)18(22)21-17(19(23)20-2)14-9-5-4-6-10-14/h4-12,17H,3,13H2,1-2H3,(H,20,23)(H,21,22)/t17-/m1/s1. The minimum absolute atomic E-state index is 0.276. The minimum Gasteiger partial charge on any atom is -0.493 e. The molecule has 2 aromatic rings. The summed E-state index contributed by atoms with van der Waals surface area (Å²) in [4.78, 5) is 24.8. The molecule has 2 N–H and O–H groups in total. The molecule has 0 heterocycles. The average molecular weight is 326 g/mol. The van der Waals surface area contributed by atoms with Gasteiger partial charge in [-0.25, -0.2) is 0 Å². The number of carbonyl (C=O) groups excluding carboxylic acids is 2. The number of ether oxygens (including phenoxy) is 1. The van der Waals surface area contributed by atoms with Gasteiger partial charge in [-0.15, -0.1) is 0 Å². The van der Waals surface area contributed by atoms with Crippen molar-refractivity contribution in [1.29, 1.82) is 0 Å². The van der Waals surface area contributed by atoms with Gasteiger partial charge in [-0.3, -0.25) is 9.59 Å². The molecule has 2 amide bonds. The van der Waals surface area contributed by atoms with E-state index in [4.69, 9.17) is 4.74 Å². The molecule has 0 aliphatic carbocycles. The van der Waals surface area contributed by atoms with Crippen LogP contribution in [0, 0.1) is 0 Å². The van der Waals surface area contributed by atoms with Gasteiger partial charge in [0.2, 0.25) is 5.91 Å². The van der Waals surface area contributed by atoms with Gasteiger partial charge in [-0.05, 0) is 24.1 Å². The highest BCUT2D eigenvalue weighted by molar-refractivity contribution is 5.99. The Morgan fingerprint density at radius 2 is 1.71 bits per heavy atom. The fraction of sp³-hybridized carbons (Fsp3) is 0.263. The number of hydrogen-bond acceptors (Lipinski definition) is 3. The van der Waals surface area contributed by atoms with Crippen LogP contribution >= 0.6 is 0 Å². The Hall–Kier alpha value is -2.82. The number of rotatable bonds is 7. The van der Waals surface area contributed by atoms with Crippen LogP contribution in [0.4, 0.5) is 0 Å². The lowest BCUT2D eigenvalue weighted by Gasteiger charge is -2.19. The van der Waals surface area contributed by atoms with Crippen molar-refractivity contribution < 1.29 is 14.3 Å². The van der Waals surface area contributed by atoms with E-state index in [1.165, 1.54) is 0 Å². The molecule has 0 unspecified atom stereocenters. The number of para-hydroxylation sites is 1. The van der Waals surface area contributed by atoms with Crippen LogP contribution in [0.15, 0.2) is 54.6 Å². The minimum atomic E-state index is -0.761. The van der Waals surface area contributed by atoms with Crippen LogP contribution in [0.25, 0.3) is 0 Å². The zero-order chi connectivity index (χ0) is 17.4. The van der Waals surface area contributed by atoms with Crippen LogP contribution in [-0.4, -0.2) is 25.5 Å². The molecule has 0 aliphatic heterocycles. The van der Waals surface area contributed by atoms with E-state index in [1.54, 1.807) is 37.4 Å². The molecule has 0 aliphatic rings. The maximum Gasteiger partial charge on any atom is 0.255 e. The maximum absolute atomic E-state index is 12.7. The van der Waals surface area contributed by atoms with Gasteiger partial charge in [0.15, 0.2) is 0 Å². The first-order valence-electron chi connectivity index (χ1n) is 7.96. The van der Waals surface area contributed by atoms with E-state index in [-0.39, 0.29) is 11.8 Å². The van der Waals surface area contributed by atoms with E-state index < -0.39 is 6.04 Å². The summed E-state index contributed by atoms with van der Waals surface area (Å²) >= 11 is 0. The summed E-state index contributed by atoms with van der Waals surface area (Å²) in [5.41, 5.74) is 1.13. The summed E-state index contributed by atoms with van der Waals surface area (Å²) in [6.45, 7) is 2.53. The first-order valence-corrected chi connectivity index (χ1v) is 7.96. The molecule has 0 aromatic heterocycles. The fourth-order valence-electron chi connectivity index (χ4n) is 2.29. The van der Waals surface area contributed by atoms with Gasteiger partial charge in [-0.1, -0.05) is 49.4 Å². The molecule has 5 nitrogen and oxygen atoms in total. The molecule has 0 radical (unpaired) electrons. The number of amides is 2. The van der Waals surface area contributed by atoms with Crippen molar-refractivity contribution in [2.75, 3.05) is 13.7 Å². The molecule has 24 heavy (non-hydrogen) atoms. The SMILES string of the molecule is CCCOc1ccccc1C(=O)N[C@@H](C(=O)NC)c1ccccc1. The van der Waals surface area contributed by atoms with Crippen molar-refractivity contribution in [1.82, 2.24) is 10.6 Å². The second kappa shape index (κ2) is 8.72. The zero-order valence-electron chi connectivity index (χ0n) is 13.9. The quantitative estimate of drug-likeness (QED) is 0.822. The van der Waals surface area contributed by atoms with Crippen LogP contribution in [0.1, 0.15) is 35.3 Å². The van der Waals surface area contributed by atoms with Gasteiger partial charge in [0.1, 0.15) is 11.8 Å². The third kappa shape index (κ3) is 4.35. The fourth-order valence-corrected chi connectivity index (χ4v) is 2.29. The average Bonchev–Trinajstić information content (AvgIpc) is 2.64. The van der Waals surface area contributed by atoms with Gasteiger partial charge in [0, 0.05) is 7.05 Å². The molecule has 0 saturated carbocycles. The maximum atomic E-state index is 12.7. The molecule has 0 saturated heterocycles. The molecular formula is C19H22N2O3. The first kappa shape index (κ1) is 17.5. The molecule has 5 heteroatoms. The first-order chi connectivity index (χ1) is 11.7. The Bertz CT molecular complexity index is 686. The third-order valence-corrected chi connectivity index (χ3v) is 3.51. The molecule has 0 bridgehead atoms. The number of nitrogens with one attached hydrogen (secondary N) is 2. The Kier molecular flexibility index (Phi) is 6.37. The second-order valence-corrected chi connectivity index (χ2v) is 5.28. The molecule has 0 fully saturated rings. The lowest BCUT2D eigenvalue weighted by Crippen LogP contribution is -2.39. The van der Waals surface area contributed by atoms with Crippen molar-refractivity contribution in [2.24, 2.45) is 0 Å². The van der Waals surface area contributed by atoms with Crippen molar-refractivity contribution in [2.45, 2.75) is 19.4 Å². The van der Waals surface area contributed by atoms with E-state index >= 15 is 0 Å². The summed E-state index contributed by atoms with van der Waals surface area (Å²) in [6, 6.07) is 15.4. The van der Waals surface area contributed by atoms with Crippen molar-refractivity contribution in [3.63, 3.8) is 0 Å². The monoisotopic (exact) mass is 326 g/mol. The van der Waals surface area contributed by atoms with Crippen LogP contribution in [0.5, 0.6) is 5.75 Å². The molecule has 2 rings (SSSR count). The smallest absolute Gasteiger partial charge is 0.255 e. The van der Waals surface area contributed by atoms with Crippen LogP contribution in [0.2, 0.25) is 0 Å². The largest absolute Gasteiger partial charge is 0.493 e. The number of likely N-dealkylation sites (N-methyl/N-ethyl adjacent to an activating group) is 1. The Balaban J connectivity index is 2.24. The summed E-state index contributed by atoms with van der Waals surface area (Å²) < 4.78 is 5.62. The Morgan fingerprint density at radius 3 is 2.38 bits per heavy atom. The molecular weight excluding hydrogens is 304 g/mol. The predicted molar refractivity (Wildman–Crippen MR) is 92.9 cm³/mol. The van der Waals surface area contributed by atoms with E-state index in [0.717, 1.165) is 12.0 Å². The highest BCUT2D eigenvalue weighted by atomic mass is 16.5. The highest BCUT2D eigenvalue weighted by Gasteiger charge is 2.23. The normalized spacial score (nSPS) is 11.4. The number of benzene rings is 2. The van der Waals surface area contributed by atoms with Gasteiger partial charge in [0.25, 0.3) is 5.91 Å². The zero-order valence-corrected chi connectivity index (χ0v) is 13.9.